The lowest BCUT2D eigenvalue weighted by Crippen LogP contribution is -2.39. The molecule has 0 atom stereocenters. The van der Waals surface area contributed by atoms with Crippen LogP contribution in [0.5, 0.6) is 0 Å². The molecule has 5 rings (SSSR count). The van der Waals surface area contributed by atoms with Crippen LogP contribution in [0, 0.1) is 13.8 Å². The quantitative estimate of drug-likeness (QED) is 0.385. The van der Waals surface area contributed by atoms with Gasteiger partial charge in [-0.1, -0.05) is 53.8 Å². The first-order chi connectivity index (χ1) is 16.1. The second-order valence-corrected chi connectivity index (χ2v) is 9.70. The summed E-state index contributed by atoms with van der Waals surface area (Å²) in [6.07, 6.45) is 0.893. The Kier molecular flexibility index (Phi) is 6.40. The summed E-state index contributed by atoms with van der Waals surface area (Å²) in [5, 5.41) is 2.84. The van der Waals surface area contributed by atoms with E-state index < -0.39 is 0 Å². The van der Waals surface area contributed by atoms with Gasteiger partial charge >= 0.3 is 0 Å². The van der Waals surface area contributed by atoms with Crippen molar-refractivity contribution >= 4 is 43.4 Å². The molecule has 170 valence electrons. The van der Waals surface area contributed by atoms with Gasteiger partial charge in [0.25, 0.3) is 5.91 Å². The van der Waals surface area contributed by atoms with Gasteiger partial charge in [0, 0.05) is 31.7 Å². The molecule has 2 heterocycles. The molecule has 1 amide bonds. The van der Waals surface area contributed by atoms with Crippen LogP contribution in [0.4, 0.5) is 5.13 Å². The van der Waals surface area contributed by atoms with E-state index in [9.17, 15) is 4.79 Å². The van der Waals surface area contributed by atoms with Crippen LogP contribution in [0.15, 0.2) is 54.6 Å². The van der Waals surface area contributed by atoms with Crippen LogP contribution in [-0.4, -0.2) is 55.2 Å². The van der Waals surface area contributed by atoms with E-state index in [1.165, 1.54) is 11.1 Å². The first-order valence-electron chi connectivity index (χ1n) is 11.6. The molecule has 0 radical (unpaired) electrons. The number of aryl methyl sites for hydroxylation is 2. The summed E-state index contributed by atoms with van der Waals surface area (Å²) in [5.74, 6) is 0.0159. The van der Waals surface area contributed by atoms with Crippen LogP contribution in [0.25, 0.3) is 21.0 Å². The van der Waals surface area contributed by atoms with Crippen LogP contribution in [0.1, 0.15) is 27.9 Å². The zero-order valence-corrected chi connectivity index (χ0v) is 20.0. The van der Waals surface area contributed by atoms with Crippen molar-refractivity contribution in [2.24, 2.45) is 0 Å². The SMILES string of the molecule is Cc1cc(C)c2sc(N(CCCN3CCOCC3)C(=O)c3cccc4ccccc34)nc2c1. The van der Waals surface area contributed by atoms with Crippen LogP contribution < -0.4 is 4.90 Å². The number of carbonyl (C=O) groups excluding carboxylic acids is 1. The second kappa shape index (κ2) is 9.59. The van der Waals surface area contributed by atoms with Crippen molar-refractivity contribution in [3.8, 4) is 0 Å². The fourth-order valence-electron chi connectivity index (χ4n) is 4.60. The summed E-state index contributed by atoms with van der Waals surface area (Å²) >= 11 is 1.62. The average molecular weight is 460 g/mol. The summed E-state index contributed by atoms with van der Waals surface area (Å²) in [5.41, 5.74) is 4.10. The maximum Gasteiger partial charge on any atom is 0.260 e. The van der Waals surface area contributed by atoms with E-state index in [2.05, 4.69) is 43.0 Å². The highest BCUT2D eigenvalue weighted by Crippen LogP contribution is 2.33. The predicted molar refractivity (Wildman–Crippen MR) is 137 cm³/mol. The number of hydrogen-bond donors (Lipinski definition) is 0. The van der Waals surface area contributed by atoms with Crippen molar-refractivity contribution in [3.63, 3.8) is 0 Å². The van der Waals surface area contributed by atoms with Crippen molar-refractivity contribution in [2.45, 2.75) is 20.3 Å². The number of rotatable bonds is 6. The molecule has 1 saturated heterocycles. The molecule has 1 aliphatic rings. The Morgan fingerprint density at radius 3 is 2.73 bits per heavy atom. The highest BCUT2D eigenvalue weighted by Gasteiger charge is 2.23. The number of nitrogens with zero attached hydrogens (tertiary/aromatic N) is 3. The Morgan fingerprint density at radius 1 is 1.09 bits per heavy atom. The monoisotopic (exact) mass is 459 g/mol. The normalized spacial score (nSPS) is 14.7. The molecular weight excluding hydrogens is 430 g/mol. The lowest BCUT2D eigenvalue weighted by atomic mass is 10.0. The highest BCUT2D eigenvalue weighted by atomic mass is 32.1. The van der Waals surface area contributed by atoms with Crippen molar-refractivity contribution in [3.05, 3.63) is 71.3 Å². The molecule has 5 nitrogen and oxygen atoms in total. The predicted octanol–water partition coefficient (Wildman–Crippen LogP) is 5.44. The van der Waals surface area contributed by atoms with E-state index in [0.29, 0.717) is 6.54 Å². The van der Waals surface area contributed by atoms with E-state index in [-0.39, 0.29) is 5.91 Å². The molecule has 3 aromatic carbocycles. The van der Waals surface area contributed by atoms with Crippen LogP contribution in [-0.2, 0) is 4.74 Å². The Morgan fingerprint density at radius 2 is 1.88 bits per heavy atom. The Hall–Kier alpha value is -2.80. The van der Waals surface area contributed by atoms with Crippen molar-refractivity contribution in [1.82, 2.24) is 9.88 Å². The summed E-state index contributed by atoms with van der Waals surface area (Å²) in [6.45, 7) is 9.28. The average Bonchev–Trinajstić information content (AvgIpc) is 3.26. The molecule has 0 unspecified atom stereocenters. The Balaban J connectivity index is 1.49. The summed E-state index contributed by atoms with van der Waals surface area (Å²) in [7, 11) is 0. The topological polar surface area (TPSA) is 45.7 Å². The zero-order chi connectivity index (χ0) is 22.8. The first-order valence-corrected chi connectivity index (χ1v) is 12.4. The number of ether oxygens (including phenoxy) is 1. The molecule has 33 heavy (non-hydrogen) atoms. The van der Waals surface area contributed by atoms with Gasteiger partial charge < -0.3 is 4.74 Å². The maximum atomic E-state index is 13.9. The number of aromatic nitrogens is 1. The number of thiazole rings is 1. The third kappa shape index (κ3) is 4.64. The van der Waals surface area contributed by atoms with Gasteiger partial charge in [0.1, 0.15) is 0 Å². The fourth-order valence-corrected chi connectivity index (χ4v) is 5.64. The third-order valence-electron chi connectivity index (χ3n) is 6.26. The van der Waals surface area contributed by atoms with Gasteiger partial charge in [0.15, 0.2) is 5.13 Å². The first kappa shape index (κ1) is 22.0. The van der Waals surface area contributed by atoms with E-state index in [1.54, 1.807) is 11.3 Å². The summed E-state index contributed by atoms with van der Waals surface area (Å²) in [6, 6.07) is 18.3. The van der Waals surface area contributed by atoms with Crippen molar-refractivity contribution in [1.29, 1.82) is 0 Å². The number of fused-ring (bicyclic) bond motifs is 2. The molecule has 0 aliphatic carbocycles. The number of amides is 1. The van der Waals surface area contributed by atoms with Crippen molar-refractivity contribution < 1.29 is 9.53 Å². The third-order valence-corrected chi connectivity index (χ3v) is 7.49. The van der Waals surface area contributed by atoms with E-state index >= 15 is 0 Å². The molecule has 4 aromatic rings. The number of carbonyl (C=O) groups is 1. The molecule has 0 bridgehead atoms. The largest absolute Gasteiger partial charge is 0.379 e. The van der Waals surface area contributed by atoms with E-state index in [4.69, 9.17) is 9.72 Å². The maximum absolute atomic E-state index is 13.9. The van der Waals surface area contributed by atoms with E-state index in [1.807, 2.05) is 35.2 Å². The zero-order valence-electron chi connectivity index (χ0n) is 19.2. The van der Waals surface area contributed by atoms with Gasteiger partial charge in [-0.2, -0.15) is 0 Å². The fraction of sp³-hybridized carbons (Fsp3) is 0.333. The Bertz CT molecular complexity index is 1290. The highest BCUT2D eigenvalue weighted by molar-refractivity contribution is 7.22. The molecule has 1 fully saturated rings. The Labute approximate surface area is 198 Å². The number of morpholine rings is 1. The minimum Gasteiger partial charge on any atom is -0.379 e. The van der Waals surface area contributed by atoms with Gasteiger partial charge in [0.05, 0.1) is 23.4 Å². The van der Waals surface area contributed by atoms with Crippen LogP contribution in [0.3, 0.4) is 0 Å². The van der Waals surface area contributed by atoms with Gasteiger partial charge in [-0.3, -0.25) is 14.6 Å². The number of benzene rings is 3. The van der Waals surface area contributed by atoms with Crippen LogP contribution in [0.2, 0.25) is 0 Å². The molecule has 0 spiro atoms. The lowest BCUT2D eigenvalue weighted by Gasteiger charge is -2.28. The number of hydrogen-bond acceptors (Lipinski definition) is 5. The van der Waals surface area contributed by atoms with E-state index in [0.717, 1.165) is 71.0 Å². The van der Waals surface area contributed by atoms with Gasteiger partial charge in [0.2, 0.25) is 0 Å². The van der Waals surface area contributed by atoms with Crippen molar-refractivity contribution in [2.75, 3.05) is 44.3 Å². The smallest absolute Gasteiger partial charge is 0.260 e. The van der Waals surface area contributed by atoms with Gasteiger partial charge in [-0.15, -0.1) is 0 Å². The molecule has 6 heteroatoms. The molecule has 1 aromatic heterocycles. The molecule has 0 saturated carbocycles. The number of anilines is 1. The van der Waals surface area contributed by atoms with Crippen LogP contribution >= 0.6 is 11.3 Å². The molecular formula is C27H29N3O2S. The standard InChI is InChI=1S/C27H29N3O2S/c1-19-17-20(2)25-24(18-19)28-27(33-25)30(12-6-11-29-13-15-32-16-14-29)26(31)23-10-5-8-21-7-3-4-9-22(21)23/h3-5,7-10,17-18H,6,11-16H2,1-2H3. The van der Waals surface area contributed by atoms with Gasteiger partial charge in [-0.05, 0) is 54.3 Å². The minimum atomic E-state index is 0.0159. The van der Waals surface area contributed by atoms with Gasteiger partial charge in [-0.25, -0.2) is 4.98 Å². The molecule has 1 aliphatic heterocycles. The summed E-state index contributed by atoms with van der Waals surface area (Å²) in [4.78, 5) is 23.1. The minimum absolute atomic E-state index is 0.0159. The summed E-state index contributed by atoms with van der Waals surface area (Å²) < 4.78 is 6.63. The second-order valence-electron chi connectivity index (χ2n) is 8.72. The molecule has 0 N–H and O–H groups in total. The lowest BCUT2D eigenvalue weighted by molar-refractivity contribution is 0.0376.